The first-order valence-electron chi connectivity index (χ1n) is 4.10. The van der Waals surface area contributed by atoms with E-state index in [1.807, 2.05) is 13.8 Å². The summed E-state index contributed by atoms with van der Waals surface area (Å²) in [4.78, 5) is 13.5. The average Bonchev–Trinajstić information content (AvgIpc) is 2.68. The van der Waals surface area contributed by atoms with Crippen molar-refractivity contribution in [3.8, 4) is 0 Å². The van der Waals surface area contributed by atoms with Crippen molar-refractivity contribution < 1.29 is 4.79 Å². The van der Waals surface area contributed by atoms with Gasteiger partial charge in [-0.05, 0) is 25.4 Å². The van der Waals surface area contributed by atoms with Gasteiger partial charge in [0.2, 0.25) is 0 Å². The fraction of sp³-hybridized carbons (Fsp3) is 0.625. The number of hydrogen-bond donors (Lipinski definition) is 0. The zero-order valence-electron chi connectivity index (χ0n) is 8.32. The van der Waals surface area contributed by atoms with E-state index in [-0.39, 0.29) is 11.4 Å². The molecule has 14 heavy (non-hydrogen) atoms. The van der Waals surface area contributed by atoms with E-state index in [1.165, 1.54) is 11.5 Å². The van der Waals surface area contributed by atoms with Crippen LogP contribution in [0.4, 0.5) is 0 Å². The molecule has 6 heteroatoms. The third kappa shape index (κ3) is 2.30. The number of nitrogens with zero attached hydrogens (tertiary/aromatic N) is 3. The SMILES string of the molecule is CN(C(=O)c1csnn1)C(C)(C)CBr. The Kier molecular flexibility index (Phi) is 3.60. The van der Waals surface area contributed by atoms with Crippen molar-refractivity contribution in [2.75, 3.05) is 12.4 Å². The topological polar surface area (TPSA) is 46.1 Å². The number of aromatic nitrogens is 2. The van der Waals surface area contributed by atoms with Crippen LogP contribution in [-0.4, -0.2) is 38.3 Å². The van der Waals surface area contributed by atoms with Crippen molar-refractivity contribution in [2.24, 2.45) is 0 Å². The van der Waals surface area contributed by atoms with Gasteiger partial charge in [0, 0.05) is 23.3 Å². The minimum absolute atomic E-state index is 0.0943. The third-order valence-electron chi connectivity index (χ3n) is 2.12. The molecule has 0 fully saturated rings. The summed E-state index contributed by atoms with van der Waals surface area (Å²) in [6, 6.07) is 0. The first-order chi connectivity index (χ1) is 6.49. The van der Waals surface area contributed by atoms with Crippen LogP contribution in [-0.2, 0) is 0 Å². The highest BCUT2D eigenvalue weighted by molar-refractivity contribution is 9.09. The molecule has 0 saturated heterocycles. The quantitative estimate of drug-likeness (QED) is 0.792. The normalized spacial score (nSPS) is 11.4. The van der Waals surface area contributed by atoms with Gasteiger partial charge in [0.05, 0.1) is 0 Å². The number of carbonyl (C=O) groups is 1. The molecule has 0 atom stereocenters. The van der Waals surface area contributed by atoms with Crippen LogP contribution in [0.1, 0.15) is 24.3 Å². The lowest BCUT2D eigenvalue weighted by atomic mass is 10.1. The number of rotatable bonds is 3. The molecule has 0 saturated carbocycles. The Hall–Kier alpha value is -0.490. The van der Waals surface area contributed by atoms with Crippen molar-refractivity contribution in [3.05, 3.63) is 11.1 Å². The first-order valence-corrected chi connectivity index (χ1v) is 6.06. The molecule has 78 valence electrons. The van der Waals surface area contributed by atoms with Gasteiger partial charge < -0.3 is 4.90 Å². The van der Waals surface area contributed by atoms with Crippen LogP contribution < -0.4 is 0 Å². The van der Waals surface area contributed by atoms with E-state index in [4.69, 9.17) is 0 Å². The second-order valence-electron chi connectivity index (χ2n) is 3.60. The minimum Gasteiger partial charge on any atom is -0.334 e. The van der Waals surface area contributed by atoms with Crippen LogP contribution in [0, 0.1) is 0 Å². The largest absolute Gasteiger partial charge is 0.334 e. The van der Waals surface area contributed by atoms with Crippen molar-refractivity contribution in [2.45, 2.75) is 19.4 Å². The molecule has 1 aromatic heterocycles. The summed E-state index contributed by atoms with van der Waals surface area (Å²) in [5.74, 6) is -0.0943. The third-order valence-corrected chi connectivity index (χ3v) is 4.00. The van der Waals surface area contributed by atoms with E-state index < -0.39 is 0 Å². The standard InChI is InChI=1S/C8H12BrN3OS/c1-8(2,5-9)12(3)7(13)6-4-14-11-10-6/h4H,5H2,1-3H3. The number of carbonyl (C=O) groups excluding carboxylic acids is 1. The van der Waals surface area contributed by atoms with Crippen molar-refractivity contribution in [1.82, 2.24) is 14.5 Å². The van der Waals surface area contributed by atoms with E-state index in [0.29, 0.717) is 5.69 Å². The van der Waals surface area contributed by atoms with Crippen LogP contribution >= 0.6 is 27.5 Å². The molecule has 0 aliphatic rings. The van der Waals surface area contributed by atoms with Crippen LogP contribution in [0.3, 0.4) is 0 Å². The zero-order valence-corrected chi connectivity index (χ0v) is 10.7. The Bertz CT molecular complexity index is 312. The highest BCUT2D eigenvalue weighted by atomic mass is 79.9. The highest BCUT2D eigenvalue weighted by Crippen LogP contribution is 2.17. The van der Waals surface area contributed by atoms with Gasteiger partial charge in [-0.1, -0.05) is 20.4 Å². The molecule has 0 bridgehead atoms. The lowest BCUT2D eigenvalue weighted by Gasteiger charge is -2.33. The molecular weight excluding hydrogens is 266 g/mol. The smallest absolute Gasteiger partial charge is 0.275 e. The molecule has 1 aromatic rings. The second-order valence-corrected chi connectivity index (χ2v) is 4.77. The molecule has 4 nitrogen and oxygen atoms in total. The van der Waals surface area contributed by atoms with Gasteiger partial charge in [-0.3, -0.25) is 4.79 Å². The summed E-state index contributed by atoms with van der Waals surface area (Å²) in [6.45, 7) is 3.97. The van der Waals surface area contributed by atoms with Crippen LogP contribution in [0.5, 0.6) is 0 Å². The Balaban J connectivity index is 2.81. The van der Waals surface area contributed by atoms with Crippen LogP contribution in [0.25, 0.3) is 0 Å². The van der Waals surface area contributed by atoms with Gasteiger partial charge in [0.1, 0.15) is 0 Å². The van der Waals surface area contributed by atoms with E-state index in [9.17, 15) is 4.79 Å². The lowest BCUT2D eigenvalue weighted by Crippen LogP contribution is -2.46. The van der Waals surface area contributed by atoms with Crippen molar-refractivity contribution >= 4 is 33.4 Å². The molecule has 1 rings (SSSR count). The Morgan fingerprint density at radius 2 is 2.36 bits per heavy atom. The average molecular weight is 278 g/mol. The summed E-state index contributed by atoms with van der Waals surface area (Å²) in [6.07, 6.45) is 0. The number of alkyl halides is 1. The Morgan fingerprint density at radius 1 is 1.71 bits per heavy atom. The highest BCUT2D eigenvalue weighted by Gasteiger charge is 2.28. The molecule has 0 aliphatic carbocycles. The minimum atomic E-state index is -0.222. The molecule has 0 N–H and O–H groups in total. The number of amides is 1. The lowest BCUT2D eigenvalue weighted by molar-refractivity contribution is 0.0657. The summed E-state index contributed by atoms with van der Waals surface area (Å²) in [5, 5.41) is 6.12. The summed E-state index contributed by atoms with van der Waals surface area (Å²) in [7, 11) is 1.77. The maximum Gasteiger partial charge on any atom is 0.275 e. The maximum atomic E-state index is 11.8. The predicted octanol–water partition coefficient (Wildman–Crippen LogP) is 1.78. The van der Waals surface area contributed by atoms with Gasteiger partial charge in [0.15, 0.2) is 5.69 Å². The molecular formula is C8H12BrN3OS. The summed E-state index contributed by atoms with van der Waals surface area (Å²) >= 11 is 4.56. The first kappa shape index (κ1) is 11.6. The molecule has 0 radical (unpaired) electrons. The van der Waals surface area contributed by atoms with Crippen molar-refractivity contribution in [1.29, 1.82) is 0 Å². The molecule has 0 unspecified atom stereocenters. The van der Waals surface area contributed by atoms with Gasteiger partial charge in [-0.2, -0.15) is 0 Å². The molecule has 1 heterocycles. The number of hydrogen-bond acceptors (Lipinski definition) is 4. The maximum absolute atomic E-state index is 11.8. The Morgan fingerprint density at radius 3 is 2.79 bits per heavy atom. The summed E-state index contributed by atoms with van der Waals surface area (Å²) < 4.78 is 3.67. The molecule has 0 aromatic carbocycles. The molecule has 1 amide bonds. The van der Waals surface area contributed by atoms with Crippen molar-refractivity contribution in [3.63, 3.8) is 0 Å². The van der Waals surface area contributed by atoms with Crippen LogP contribution in [0.2, 0.25) is 0 Å². The van der Waals surface area contributed by atoms with E-state index >= 15 is 0 Å². The van der Waals surface area contributed by atoms with E-state index in [0.717, 1.165) is 5.33 Å². The molecule has 0 aliphatic heterocycles. The predicted molar refractivity (Wildman–Crippen MR) is 59.9 cm³/mol. The van der Waals surface area contributed by atoms with Gasteiger partial charge in [-0.25, -0.2) is 0 Å². The monoisotopic (exact) mass is 277 g/mol. The second kappa shape index (κ2) is 4.35. The fourth-order valence-electron chi connectivity index (χ4n) is 0.794. The Labute approximate surface area is 95.6 Å². The van der Waals surface area contributed by atoms with Gasteiger partial charge in [0.25, 0.3) is 5.91 Å². The summed E-state index contributed by atoms with van der Waals surface area (Å²) in [5.41, 5.74) is 0.187. The van der Waals surface area contributed by atoms with Crippen LogP contribution in [0.15, 0.2) is 5.38 Å². The zero-order chi connectivity index (χ0) is 10.8. The van der Waals surface area contributed by atoms with E-state index in [1.54, 1.807) is 17.3 Å². The van der Waals surface area contributed by atoms with E-state index in [2.05, 4.69) is 25.5 Å². The molecule has 0 spiro atoms. The number of halogens is 1. The van der Waals surface area contributed by atoms with Gasteiger partial charge >= 0.3 is 0 Å². The fourth-order valence-corrected chi connectivity index (χ4v) is 1.60. The van der Waals surface area contributed by atoms with Gasteiger partial charge in [-0.15, -0.1) is 5.10 Å².